The van der Waals surface area contributed by atoms with E-state index in [0.717, 1.165) is 18.2 Å². The molecule has 0 atom stereocenters. The summed E-state index contributed by atoms with van der Waals surface area (Å²) >= 11 is 5.73. The summed E-state index contributed by atoms with van der Waals surface area (Å²) in [7, 11) is 0. The van der Waals surface area contributed by atoms with E-state index in [9.17, 15) is 18.0 Å². The normalized spacial score (nSPS) is 11.4. The number of carbonyl (C=O) groups excluding carboxylic acids is 1. The minimum Gasteiger partial charge on any atom is -0.287 e. The van der Waals surface area contributed by atoms with Gasteiger partial charge in [-0.05, 0) is 30.3 Å². The van der Waals surface area contributed by atoms with Gasteiger partial charge in [-0.3, -0.25) is 9.78 Å². The summed E-state index contributed by atoms with van der Waals surface area (Å²) in [6, 6.07) is 7.32. The van der Waals surface area contributed by atoms with Crippen LogP contribution in [0.3, 0.4) is 0 Å². The maximum absolute atomic E-state index is 12.5. The molecular weight excluding hydrogens is 279 g/mol. The molecule has 19 heavy (non-hydrogen) atoms. The van der Waals surface area contributed by atoms with Crippen molar-refractivity contribution in [2.75, 3.05) is 0 Å². The number of hydrogen-bond acceptors (Lipinski definition) is 2. The zero-order valence-corrected chi connectivity index (χ0v) is 10.2. The van der Waals surface area contributed by atoms with Gasteiger partial charge in [0.05, 0.1) is 10.6 Å². The van der Waals surface area contributed by atoms with Crippen molar-refractivity contribution in [2.45, 2.75) is 6.18 Å². The molecule has 0 unspecified atom stereocenters. The Morgan fingerprint density at radius 1 is 1.16 bits per heavy atom. The van der Waals surface area contributed by atoms with Gasteiger partial charge in [0.1, 0.15) is 5.69 Å². The topological polar surface area (TPSA) is 30.0 Å². The first-order valence-corrected chi connectivity index (χ1v) is 5.60. The van der Waals surface area contributed by atoms with Gasteiger partial charge in [0.2, 0.25) is 5.78 Å². The van der Waals surface area contributed by atoms with Crippen LogP contribution in [0.2, 0.25) is 5.02 Å². The molecule has 0 aliphatic carbocycles. The third-order valence-electron chi connectivity index (χ3n) is 2.44. The molecule has 0 saturated heterocycles. The Morgan fingerprint density at radius 3 is 2.42 bits per heavy atom. The number of rotatable bonds is 2. The Kier molecular flexibility index (Phi) is 3.57. The summed E-state index contributed by atoms with van der Waals surface area (Å²) in [6.07, 6.45) is -3.07. The predicted octanol–water partition coefficient (Wildman–Crippen LogP) is 3.98. The van der Waals surface area contributed by atoms with Crippen molar-refractivity contribution in [3.8, 4) is 0 Å². The molecule has 2 aromatic rings. The average molecular weight is 286 g/mol. The standard InChI is InChI=1S/C13H7ClF3NO/c14-10-7-8(13(15,16)17)4-5-9(10)12(19)11-3-1-2-6-18-11/h1-7H. The van der Waals surface area contributed by atoms with Crippen LogP contribution >= 0.6 is 11.6 Å². The molecule has 2 rings (SSSR count). The van der Waals surface area contributed by atoms with Crippen LogP contribution in [0.1, 0.15) is 21.6 Å². The molecule has 0 saturated carbocycles. The molecule has 0 amide bonds. The second kappa shape index (κ2) is 5.01. The highest BCUT2D eigenvalue weighted by atomic mass is 35.5. The fraction of sp³-hybridized carbons (Fsp3) is 0.0769. The van der Waals surface area contributed by atoms with Gasteiger partial charge in [0.25, 0.3) is 0 Å². The smallest absolute Gasteiger partial charge is 0.287 e. The molecular formula is C13H7ClF3NO. The van der Waals surface area contributed by atoms with Crippen LogP contribution in [0.5, 0.6) is 0 Å². The van der Waals surface area contributed by atoms with Crippen LogP contribution in [0.25, 0.3) is 0 Å². The van der Waals surface area contributed by atoms with E-state index in [1.807, 2.05) is 0 Å². The number of nitrogens with zero attached hydrogens (tertiary/aromatic N) is 1. The van der Waals surface area contributed by atoms with E-state index < -0.39 is 17.5 Å². The van der Waals surface area contributed by atoms with Crippen LogP contribution in [-0.2, 0) is 6.18 Å². The fourth-order valence-electron chi connectivity index (χ4n) is 1.51. The number of halogens is 4. The molecule has 0 aliphatic heterocycles. The first kappa shape index (κ1) is 13.5. The highest BCUT2D eigenvalue weighted by molar-refractivity contribution is 6.34. The van der Waals surface area contributed by atoms with Gasteiger partial charge in [-0.2, -0.15) is 13.2 Å². The third kappa shape index (κ3) is 2.93. The Morgan fingerprint density at radius 2 is 1.89 bits per heavy atom. The number of hydrogen-bond donors (Lipinski definition) is 0. The largest absolute Gasteiger partial charge is 0.416 e. The number of aromatic nitrogens is 1. The lowest BCUT2D eigenvalue weighted by molar-refractivity contribution is -0.137. The van der Waals surface area contributed by atoms with E-state index in [-0.39, 0.29) is 16.3 Å². The van der Waals surface area contributed by atoms with E-state index in [1.54, 1.807) is 12.1 Å². The Labute approximate surface area is 111 Å². The molecule has 1 aromatic heterocycles. The molecule has 98 valence electrons. The molecule has 1 heterocycles. The van der Waals surface area contributed by atoms with Crippen LogP contribution in [0.4, 0.5) is 13.2 Å². The zero-order chi connectivity index (χ0) is 14.0. The van der Waals surface area contributed by atoms with Gasteiger partial charge >= 0.3 is 6.18 Å². The van der Waals surface area contributed by atoms with Crippen LogP contribution < -0.4 is 0 Å². The summed E-state index contributed by atoms with van der Waals surface area (Å²) in [5, 5.41) is -0.245. The number of benzene rings is 1. The minimum atomic E-state index is -4.49. The van der Waals surface area contributed by atoms with Crippen molar-refractivity contribution < 1.29 is 18.0 Å². The molecule has 0 radical (unpaired) electrons. The van der Waals surface area contributed by atoms with E-state index >= 15 is 0 Å². The SMILES string of the molecule is O=C(c1ccccn1)c1ccc(C(F)(F)F)cc1Cl. The molecule has 2 nitrogen and oxygen atoms in total. The van der Waals surface area contributed by atoms with E-state index in [4.69, 9.17) is 11.6 Å². The number of ketones is 1. The molecule has 0 fully saturated rings. The molecule has 0 N–H and O–H groups in total. The highest BCUT2D eigenvalue weighted by Crippen LogP contribution is 2.32. The first-order chi connectivity index (χ1) is 8.89. The molecule has 0 bridgehead atoms. The zero-order valence-electron chi connectivity index (χ0n) is 9.41. The second-order valence-electron chi connectivity index (χ2n) is 3.74. The number of alkyl halides is 3. The van der Waals surface area contributed by atoms with Gasteiger partial charge in [-0.1, -0.05) is 17.7 Å². The maximum Gasteiger partial charge on any atom is 0.416 e. The van der Waals surface area contributed by atoms with Crippen molar-refractivity contribution in [3.63, 3.8) is 0 Å². The third-order valence-corrected chi connectivity index (χ3v) is 2.75. The molecule has 0 spiro atoms. The average Bonchev–Trinajstić information content (AvgIpc) is 2.38. The number of pyridine rings is 1. The summed E-state index contributed by atoms with van der Waals surface area (Å²) < 4.78 is 37.4. The van der Waals surface area contributed by atoms with E-state index in [1.165, 1.54) is 12.3 Å². The minimum absolute atomic E-state index is 0.00614. The first-order valence-electron chi connectivity index (χ1n) is 5.22. The van der Waals surface area contributed by atoms with E-state index in [2.05, 4.69) is 4.98 Å². The second-order valence-corrected chi connectivity index (χ2v) is 4.14. The van der Waals surface area contributed by atoms with Crippen LogP contribution in [0.15, 0.2) is 42.6 Å². The summed E-state index contributed by atoms with van der Waals surface area (Å²) in [4.78, 5) is 15.8. The Bertz CT molecular complexity index is 611. The Hall–Kier alpha value is -1.88. The van der Waals surface area contributed by atoms with Gasteiger partial charge in [0.15, 0.2) is 0 Å². The quantitative estimate of drug-likeness (QED) is 0.781. The van der Waals surface area contributed by atoms with Crippen molar-refractivity contribution in [2.24, 2.45) is 0 Å². The van der Waals surface area contributed by atoms with Gasteiger partial charge < -0.3 is 0 Å². The molecule has 1 aromatic carbocycles. The fourth-order valence-corrected chi connectivity index (χ4v) is 1.78. The van der Waals surface area contributed by atoms with Crippen LogP contribution in [-0.4, -0.2) is 10.8 Å². The lowest BCUT2D eigenvalue weighted by Gasteiger charge is -2.09. The molecule has 0 aliphatic rings. The summed E-state index contributed by atoms with van der Waals surface area (Å²) in [6.45, 7) is 0. The van der Waals surface area contributed by atoms with Crippen molar-refractivity contribution in [3.05, 3.63) is 64.4 Å². The summed E-state index contributed by atoms with van der Waals surface area (Å²) in [5.74, 6) is -0.515. The lowest BCUT2D eigenvalue weighted by Crippen LogP contribution is -2.08. The van der Waals surface area contributed by atoms with Gasteiger partial charge in [-0.15, -0.1) is 0 Å². The maximum atomic E-state index is 12.5. The predicted molar refractivity (Wildman–Crippen MR) is 64.1 cm³/mol. The van der Waals surface area contributed by atoms with Crippen molar-refractivity contribution >= 4 is 17.4 Å². The monoisotopic (exact) mass is 285 g/mol. The number of carbonyl (C=O) groups is 1. The summed E-state index contributed by atoms with van der Waals surface area (Å²) in [5.41, 5.74) is -0.771. The van der Waals surface area contributed by atoms with Crippen molar-refractivity contribution in [1.82, 2.24) is 4.98 Å². The highest BCUT2D eigenvalue weighted by Gasteiger charge is 2.31. The van der Waals surface area contributed by atoms with Gasteiger partial charge in [0, 0.05) is 11.8 Å². The lowest BCUT2D eigenvalue weighted by atomic mass is 10.1. The van der Waals surface area contributed by atoms with Crippen LogP contribution in [0, 0.1) is 0 Å². The van der Waals surface area contributed by atoms with Crippen molar-refractivity contribution in [1.29, 1.82) is 0 Å². The van der Waals surface area contributed by atoms with E-state index in [0.29, 0.717) is 0 Å². The van der Waals surface area contributed by atoms with Gasteiger partial charge in [-0.25, -0.2) is 0 Å². The molecule has 6 heteroatoms. The Balaban J connectivity index is 2.40.